The van der Waals surface area contributed by atoms with E-state index < -0.39 is 6.10 Å². The maximum atomic E-state index is 13.6. The van der Waals surface area contributed by atoms with Crippen molar-refractivity contribution in [3.05, 3.63) is 73.7 Å². The summed E-state index contributed by atoms with van der Waals surface area (Å²) in [5, 5.41) is 10.9. The molecule has 2 aromatic carbocycles. The molecule has 0 unspecified atom stereocenters. The average Bonchev–Trinajstić information content (AvgIpc) is 3.65. The molecule has 10 heteroatoms. The Bertz CT molecular complexity index is 1270. The highest BCUT2D eigenvalue weighted by molar-refractivity contribution is 7.13. The molecule has 2 atom stereocenters. The van der Waals surface area contributed by atoms with Gasteiger partial charge in [-0.05, 0) is 74.4 Å². The van der Waals surface area contributed by atoms with Gasteiger partial charge in [-0.3, -0.25) is 4.79 Å². The fourth-order valence-corrected chi connectivity index (χ4v) is 5.85. The number of thiazole rings is 1. The normalized spacial score (nSPS) is 14.6. The van der Waals surface area contributed by atoms with Gasteiger partial charge in [-0.25, -0.2) is 4.98 Å². The van der Waals surface area contributed by atoms with E-state index in [2.05, 4.69) is 31.0 Å². The molecule has 7 nitrogen and oxygen atoms in total. The molecule has 0 bridgehead atoms. The van der Waals surface area contributed by atoms with E-state index in [9.17, 15) is 9.90 Å². The second kappa shape index (κ2) is 13.3. The molecule has 4 rings (SSSR count). The second-order valence-corrected chi connectivity index (χ2v) is 11.9. The second-order valence-electron chi connectivity index (χ2n) is 9.97. The lowest BCUT2D eigenvalue weighted by Crippen LogP contribution is -2.41. The third-order valence-electron chi connectivity index (χ3n) is 7.00. The van der Waals surface area contributed by atoms with Crippen molar-refractivity contribution >= 4 is 40.4 Å². The summed E-state index contributed by atoms with van der Waals surface area (Å²) in [7, 11) is 0. The number of aliphatic hydroxyl groups is 1. The standard InChI is InChI=1S/C29H35Cl2N3O4S/c1-17-5-4-6-20(18(17)2)16-34(23-7-8-23)28(36)22(14-32)11-24-15-33-29(39-24)38-10-9-37-27-25(30)12-21(19(3)35)13-26(27)31/h4-6,12-13,15,19,22-23,35H,7-11,14,16,32H2,1-3H3/t19-,22-/m1/s1. The first-order chi connectivity index (χ1) is 18.7. The molecule has 210 valence electrons. The number of hydrogen-bond acceptors (Lipinski definition) is 7. The van der Waals surface area contributed by atoms with Crippen molar-refractivity contribution in [1.82, 2.24) is 9.88 Å². The van der Waals surface area contributed by atoms with Crippen molar-refractivity contribution in [2.75, 3.05) is 19.8 Å². The molecule has 3 N–H and O–H groups in total. The summed E-state index contributed by atoms with van der Waals surface area (Å²) < 4.78 is 11.5. The fourth-order valence-electron chi connectivity index (χ4n) is 4.37. The van der Waals surface area contributed by atoms with Gasteiger partial charge >= 0.3 is 0 Å². The van der Waals surface area contributed by atoms with Crippen LogP contribution in [0.5, 0.6) is 10.9 Å². The van der Waals surface area contributed by atoms with Crippen LogP contribution < -0.4 is 15.2 Å². The minimum Gasteiger partial charge on any atom is -0.487 e. The summed E-state index contributed by atoms with van der Waals surface area (Å²) >= 11 is 13.9. The van der Waals surface area contributed by atoms with Crippen LogP contribution in [0.4, 0.5) is 0 Å². The number of nitrogens with zero attached hydrogens (tertiary/aromatic N) is 2. The summed E-state index contributed by atoms with van der Waals surface area (Å²) in [5.41, 5.74) is 10.4. The zero-order valence-electron chi connectivity index (χ0n) is 22.5. The molecule has 1 amide bonds. The van der Waals surface area contributed by atoms with E-state index in [4.69, 9.17) is 38.4 Å². The average molecular weight is 593 g/mol. The highest BCUT2D eigenvalue weighted by Gasteiger charge is 2.36. The summed E-state index contributed by atoms with van der Waals surface area (Å²) in [5.74, 6) is 0.123. The summed E-state index contributed by atoms with van der Waals surface area (Å²) in [6, 6.07) is 9.79. The van der Waals surface area contributed by atoms with Crippen LogP contribution in [0.2, 0.25) is 10.0 Å². The van der Waals surface area contributed by atoms with Crippen molar-refractivity contribution in [2.24, 2.45) is 11.7 Å². The topological polar surface area (TPSA) is 97.9 Å². The van der Waals surface area contributed by atoms with E-state index in [-0.39, 0.29) is 37.6 Å². The van der Waals surface area contributed by atoms with Gasteiger partial charge in [0, 0.05) is 30.2 Å². The lowest BCUT2D eigenvalue weighted by molar-refractivity contribution is -0.136. The first-order valence-corrected chi connectivity index (χ1v) is 14.7. The molecule has 39 heavy (non-hydrogen) atoms. The monoisotopic (exact) mass is 591 g/mol. The van der Waals surface area contributed by atoms with E-state index in [0.717, 1.165) is 17.7 Å². The Hall–Kier alpha value is -2.36. The van der Waals surface area contributed by atoms with Crippen LogP contribution in [0.1, 0.15) is 53.0 Å². The largest absolute Gasteiger partial charge is 0.487 e. The van der Waals surface area contributed by atoms with Gasteiger partial charge in [-0.2, -0.15) is 0 Å². The fraction of sp³-hybridized carbons (Fsp3) is 0.448. The Labute approximate surface area is 243 Å². The third kappa shape index (κ3) is 7.64. The molecule has 1 aliphatic carbocycles. The number of ether oxygens (including phenoxy) is 2. The molecule has 0 saturated heterocycles. The lowest BCUT2D eigenvalue weighted by atomic mass is 10.00. The Morgan fingerprint density at radius 1 is 1.21 bits per heavy atom. The molecular formula is C29H35Cl2N3O4S. The molecule has 1 heterocycles. The molecule has 1 aromatic heterocycles. The van der Waals surface area contributed by atoms with Crippen molar-refractivity contribution < 1.29 is 19.4 Å². The van der Waals surface area contributed by atoms with Gasteiger partial charge in [0.2, 0.25) is 5.91 Å². The van der Waals surface area contributed by atoms with Gasteiger partial charge < -0.3 is 25.2 Å². The van der Waals surface area contributed by atoms with Crippen LogP contribution in [0, 0.1) is 19.8 Å². The van der Waals surface area contributed by atoms with E-state index in [1.807, 2.05) is 11.0 Å². The van der Waals surface area contributed by atoms with Crippen molar-refractivity contribution in [3.63, 3.8) is 0 Å². The quantitative estimate of drug-likeness (QED) is 0.241. The van der Waals surface area contributed by atoms with Crippen molar-refractivity contribution in [3.8, 4) is 10.9 Å². The van der Waals surface area contributed by atoms with E-state index in [1.165, 1.54) is 28.0 Å². The van der Waals surface area contributed by atoms with Crippen molar-refractivity contribution in [2.45, 2.75) is 58.7 Å². The van der Waals surface area contributed by atoms with Crippen LogP contribution in [0.3, 0.4) is 0 Å². The molecule has 1 aliphatic rings. The summed E-state index contributed by atoms with van der Waals surface area (Å²) in [4.78, 5) is 20.9. The van der Waals surface area contributed by atoms with Crippen LogP contribution in [-0.4, -0.2) is 46.7 Å². The van der Waals surface area contributed by atoms with Gasteiger partial charge in [-0.15, -0.1) is 0 Å². The van der Waals surface area contributed by atoms with Gasteiger partial charge in [-0.1, -0.05) is 52.7 Å². The van der Waals surface area contributed by atoms with Gasteiger partial charge in [0.25, 0.3) is 5.19 Å². The summed E-state index contributed by atoms with van der Waals surface area (Å²) in [6.07, 6.45) is 3.65. The molecule has 0 aliphatic heterocycles. The number of benzene rings is 2. The zero-order chi connectivity index (χ0) is 28.1. The number of carbonyl (C=O) groups excluding carboxylic acids is 1. The molecular weight excluding hydrogens is 557 g/mol. The van der Waals surface area contributed by atoms with Crippen molar-refractivity contribution in [1.29, 1.82) is 0 Å². The Balaban J connectivity index is 1.31. The summed E-state index contributed by atoms with van der Waals surface area (Å²) in [6.45, 7) is 7.18. The predicted molar refractivity (Wildman–Crippen MR) is 156 cm³/mol. The smallest absolute Gasteiger partial charge is 0.273 e. The van der Waals surface area contributed by atoms with Gasteiger partial charge in [0.05, 0.1) is 22.1 Å². The SMILES string of the molecule is Cc1cccc(CN(C(=O)[C@@H](CN)Cc2cnc(OCCOc3c(Cl)cc([C@@H](C)O)cc3Cl)s2)C2CC2)c1C. The minimum atomic E-state index is -0.681. The molecule has 1 fully saturated rings. The Kier molecular flexibility index (Phi) is 10.1. The van der Waals surface area contributed by atoms with E-state index in [0.29, 0.717) is 39.5 Å². The third-order valence-corrected chi connectivity index (χ3v) is 8.49. The van der Waals surface area contributed by atoms with Crippen LogP contribution in [0.15, 0.2) is 36.5 Å². The number of aliphatic hydroxyl groups excluding tert-OH is 1. The highest BCUT2D eigenvalue weighted by atomic mass is 35.5. The van der Waals surface area contributed by atoms with Crippen LogP contribution in [0.25, 0.3) is 0 Å². The number of aromatic nitrogens is 1. The number of hydrogen-bond donors (Lipinski definition) is 2. The number of carbonyl (C=O) groups is 1. The van der Waals surface area contributed by atoms with Crippen LogP contribution >= 0.6 is 34.5 Å². The maximum Gasteiger partial charge on any atom is 0.273 e. The number of halogens is 2. The lowest BCUT2D eigenvalue weighted by Gasteiger charge is -2.27. The highest BCUT2D eigenvalue weighted by Crippen LogP contribution is 2.36. The predicted octanol–water partition coefficient (Wildman–Crippen LogP) is 5.89. The first-order valence-electron chi connectivity index (χ1n) is 13.1. The Morgan fingerprint density at radius 3 is 2.54 bits per heavy atom. The zero-order valence-corrected chi connectivity index (χ0v) is 24.8. The van der Waals surface area contributed by atoms with E-state index in [1.54, 1.807) is 25.3 Å². The maximum absolute atomic E-state index is 13.6. The number of aryl methyl sites for hydroxylation is 1. The number of amides is 1. The molecule has 3 aromatic rings. The van der Waals surface area contributed by atoms with Crippen LogP contribution in [-0.2, 0) is 17.8 Å². The molecule has 0 radical (unpaired) electrons. The molecule has 1 saturated carbocycles. The van der Waals surface area contributed by atoms with Gasteiger partial charge in [0.15, 0.2) is 5.75 Å². The first kappa shape index (κ1) is 29.6. The minimum absolute atomic E-state index is 0.0977. The van der Waals surface area contributed by atoms with E-state index >= 15 is 0 Å². The number of rotatable bonds is 13. The van der Waals surface area contributed by atoms with Gasteiger partial charge in [0.1, 0.15) is 13.2 Å². The molecule has 0 spiro atoms. The number of nitrogens with two attached hydrogens (primary N) is 1. The Morgan fingerprint density at radius 2 is 1.90 bits per heavy atom.